The first kappa shape index (κ1) is 22.1. The van der Waals surface area contributed by atoms with Gasteiger partial charge in [-0.3, -0.25) is 9.69 Å². The van der Waals surface area contributed by atoms with E-state index >= 15 is 0 Å². The van der Waals surface area contributed by atoms with E-state index in [4.69, 9.17) is 9.47 Å². The van der Waals surface area contributed by atoms with Gasteiger partial charge >= 0.3 is 0 Å². The predicted molar refractivity (Wildman–Crippen MR) is 117 cm³/mol. The van der Waals surface area contributed by atoms with Crippen LogP contribution in [0.1, 0.15) is 38.2 Å². The zero-order valence-corrected chi connectivity index (χ0v) is 18.1. The molecule has 0 unspecified atom stereocenters. The molecule has 6 heteroatoms. The predicted octanol–water partition coefficient (Wildman–Crippen LogP) is 4.64. The number of piperidine rings is 1. The Labute approximate surface area is 178 Å². The van der Waals surface area contributed by atoms with Gasteiger partial charge in [0.1, 0.15) is 5.82 Å². The lowest BCUT2D eigenvalue weighted by molar-refractivity contribution is -0.119. The van der Waals surface area contributed by atoms with Crippen molar-refractivity contribution in [3.63, 3.8) is 0 Å². The van der Waals surface area contributed by atoms with Crippen LogP contribution in [0, 0.1) is 5.82 Å². The number of methoxy groups -OCH3 is 2. The summed E-state index contributed by atoms with van der Waals surface area (Å²) in [5.41, 5.74) is 1.96. The molecule has 1 amide bonds. The first-order valence-corrected chi connectivity index (χ1v) is 10.6. The molecule has 3 rings (SSSR count). The minimum atomic E-state index is -0.211. The maximum Gasteiger partial charge on any atom is 0.227 e. The molecule has 30 heavy (non-hydrogen) atoms. The minimum Gasteiger partial charge on any atom is -0.493 e. The van der Waals surface area contributed by atoms with E-state index in [1.165, 1.54) is 12.1 Å². The largest absolute Gasteiger partial charge is 0.493 e. The Morgan fingerprint density at radius 3 is 2.33 bits per heavy atom. The number of amides is 1. The second kappa shape index (κ2) is 10.4. The van der Waals surface area contributed by atoms with Crippen LogP contribution in [0.3, 0.4) is 0 Å². The molecule has 0 bridgehead atoms. The second-order valence-electron chi connectivity index (χ2n) is 7.69. The van der Waals surface area contributed by atoms with Crippen molar-refractivity contribution in [1.82, 2.24) is 4.90 Å². The molecule has 1 saturated heterocycles. The van der Waals surface area contributed by atoms with E-state index in [-0.39, 0.29) is 17.8 Å². The molecule has 1 aliphatic rings. The lowest BCUT2D eigenvalue weighted by atomic mass is 10.0. The van der Waals surface area contributed by atoms with E-state index in [0.717, 1.165) is 50.1 Å². The molecule has 1 fully saturated rings. The Bertz CT molecular complexity index is 833. The van der Waals surface area contributed by atoms with Gasteiger partial charge in [-0.25, -0.2) is 4.39 Å². The van der Waals surface area contributed by atoms with Crippen LogP contribution in [-0.4, -0.2) is 44.2 Å². The molecule has 2 aromatic carbocycles. The van der Waals surface area contributed by atoms with Crippen molar-refractivity contribution >= 4 is 11.6 Å². The lowest BCUT2D eigenvalue weighted by Crippen LogP contribution is -2.47. The van der Waals surface area contributed by atoms with E-state index in [9.17, 15) is 9.18 Å². The van der Waals surface area contributed by atoms with Gasteiger partial charge in [0.15, 0.2) is 11.5 Å². The monoisotopic (exact) mass is 414 g/mol. The van der Waals surface area contributed by atoms with Gasteiger partial charge in [-0.05, 0) is 49.1 Å². The van der Waals surface area contributed by atoms with Gasteiger partial charge in [0.2, 0.25) is 5.91 Å². The Kier molecular flexibility index (Phi) is 7.69. The molecule has 0 aliphatic carbocycles. The summed E-state index contributed by atoms with van der Waals surface area (Å²) in [6, 6.07) is 12.5. The number of rotatable bonds is 8. The summed E-state index contributed by atoms with van der Waals surface area (Å²) in [5, 5.41) is 0. The smallest absolute Gasteiger partial charge is 0.227 e. The van der Waals surface area contributed by atoms with Crippen LogP contribution in [0.25, 0.3) is 0 Å². The highest BCUT2D eigenvalue weighted by molar-refractivity contribution is 5.94. The quantitative estimate of drug-likeness (QED) is 0.631. The highest BCUT2D eigenvalue weighted by atomic mass is 19.1. The fourth-order valence-electron chi connectivity index (χ4n) is 4.05. The average Bonchev–Trinajstić information content (AvgIpc) is 2.77. The van der Waals surface area contributed by atoms with Crippen LogP contribution < -0.4 is 14.4 Å². The molecular weight excluding hydrogens is 383 g/mol. The first-order chi connectivity index (χ1) is 14.5. The minimum absolute atomic E-state index is 0.140. The SMILES string of the molecule is CCCC(=O)N(c1ccc(OC)c(OC)c1)C1CCN(Cc2ccc(F)cc2)CC1. The molecule has 0 N–H and O–H groups in total. The van der Waals surface area contributed by atoms with Crippen LogP contribution in [0.2, 0.25) is 0 Å². The molecule has 0 saturated carbocycles. The first-order valence-electron chi connectivity index (χ1n) is 10.6. The van der Waals surface area contributed by atoms with E-state index in [1.807, 2.05) is 42.2 Å². The van der Waals surface area contributed by atoms with Gasteiger partial charge in [-0.1, -0.05) is 19.1 Å². The maximum atomic E-state index is 13.1. The van der Waals surface area contributed by atoms with Gasteiger partial charge in [0, 0.05) is 43.9 Å². The summed E-state index contributed by atoms with van der Waals surface area (Å²) in [4.78, 5) is 17.3. The number of halogens is 1. The summed E-state index contributed by atoms with van der Waals surface area (Å²) in [5.74, 6) is 1.20. The van der Waals surface area contributed by atoms with E-state index in [2.05, 4.69) is 4.90 Å². The van der Waals surface area contributed by atoms with E-state index in [0.29, 0.717) is 17.9 Å². The van der Waals surface area contributed by atoms with Crippen molar-refractivity contribution in [1.29, 1.82) is 0 Å². The molecule has 5 nitrogen and oxygen atoms in total. The topological polar surface area (TPSA) is 42.0 Å². The summed E-state index contributed by atoms with van der Waals surface area (Å²) >= 11 is 0. The van der Waals surface area contributed by atoms with Gasteiger partial charge in [-0.2, -0.15) is 0 Å². The Morgan fingerprint density at radius 1 is 1.07 bits per heavy atom. The van der Waals surface area contributed by atoms with Crippen molar-refractivity contribution in [3.05, 3.63) is 53.8 Å². The molecular formula is C24H31FN2O3. The molecule has 0 radical (unpaired) electrons. The molecule has 1 heterocycles. The Hall–Kier alpha value is -2.60. The number of hydrogen-bond donors (Lipinski definition) is 0. The highest BCUT2D eigenvalue weighted by Crippen LogP contribution is 2.34. The lowest BCUT2D eigenvalue weighted by Gasteiger charge is -2.39. The van der Waals surface area contributed by atoms with Crippen molar-refractivity contribution < 1.29 is 18.7 Å². The number of nitrogens with zero attached hydrogens (tertiary/aromatic N) is 2. The van der Waals surface area contributed by atoms with Crippen LogP contribution >= 0.6 is 0 Å². The number of benzene rings is 2. The van der Waals surface area contributed by atoms with Gasteiger partial charge < -0.3 is 14.4 Å². The Morgan fingerprint density at radius 2 is 1.73 bits per heavy atom. The van der Waals surface area contributed by atoms with E-state index < -0.39 is 0 Å². The molecule has 2 aromatic rings. The van der Waals surface area contributed by atoms with Crippen molar-refractivity contribution in [2.45, 2.75) is 45.2 Å². The summed E-state index contributed by atoms with van der Waals surface area (Å²) < 4.78 is 23.9. The molecule has 0 atom stereocenters. The third kappa shape index (κ3) is 5.30. The standard InChI is InChI=1S/C24H31FN2O3/c1-4-5-24(28)27(21-10-11-22(29-2)23(16-21)30-3)20-12-14-26(15-13-20)17-18-6-8-19(25)9-7-18/h6-11,16,20H,4-5,12-15,17H2,1-3H3. The van der Waals surface area contributed by atoms with Crippen LogP contribution in [0.5, 0.6) is 11.5 Å². The van der Waals surface area contributed by atoms with Gasteiger partial charge in [0.25, 0.3) is 0 Å². The van der Waals surface area contributed by atoms with Crippen LogP contribution in [-0.2, 0) is 11.3 Å². The zero-order valence-electron chi connectivity index (χ0n) is 18.1. The molecule has 0 aromatic heterocycles. The fraction of sp³-hybridized carbons (Fsp3) is 0.458. The fourth-order valence-corrected chi connectivity index (χ4v) is 4.05. The summed E-state index contributed by atoms with van der Waals surface area (Å²) in [6.45, 7) is 4.61. The number of carbonyl (C=O) groups excluding carboxylic acids is 1. The maximum absolute atomic E-state index is 13.1. The number of ether oxygens (including phenoxy) is 2. The number of carbonyl (C=O) groups is 1. The Balaban J connectivity index is 1.72. The third-order valence-corrected chi connectivity index (χ3v) is 5.62. The zero-order chi connectivity index (χ0) is 21.5. The van der Waals surface area contributed by atoms with Crippen molar-refractivity contribution in [2.24, 2.45) is 0 Å². The number of hydrogen-bond acceptors (Lipinski definition) is 4. The average molecular weight is 415 g/mol. The molecule has 162 valence electrons. The second-order valence-corrected chi connectivity index (χ2v) is 7.69. The molecule has 1 aliphatic heterocycles. The van der Waals surface area contributed by atoms with Crippen LogP contribution in [0.15, 0.2) is 42.5 Å². The van der Waals surface area contributed by atoms with E-state index in [1.54, 1.807) is 14.2 Å². The van der Waals surface area contributed by atoms with Crippen LogP contribution in [0.4, 0.5) is 10.1 Å². The van der Waals surface area contributed by atoms with Gasteiger partial charge in [-0.15, -0.1) is 0 Å². The summed E-state index contributed by atoms with van der Waals surface area (Å²) in [6.07, 6.45) is 3.12. The third-order valence-electron chi connectivity index (χ3n) is 5.62. The molecule has 0 spiro atoms. The van der Waals surface area contributed by atoms with Crippen molar-refractivity contribution in [3.8, 4) is 11.5 Å². The number of likely N-dealkylation sites (tertiary alicyclic amines) is 1. The number of anilines is 1. The highest BCUT2D eigenvalue weighted by Gasteiger charge is 2.29. The summed E-state index contributed by atoms with van der Waals surface area (Å²) in [7, 11) is 3.21. The normalized spacial score (nSPS) is 15.1. The van der Waals surface area contributed by atoms with Crippen molar-refractivity contribution in [2.75, 3.05) is 32.2 Å². The van der Waals surface area contributed by atoms with Gasteiger partial charge in [0.05, 0.1) is 14.2 Å².